The smallest absolute Gasteiger partial charge is 0.275 e. The summed E-state index contributed by atoms with van der Waals surface area (Å²) in [6, 6.07) is 10.5. The second-order valence-electron chi connectivity index (χ2n) is 4.87. The van der Waals surface area contributed by atoms with Crippen LogP contribution in [0.5, 0.6) is 17.2 Å². The van der Waals surface area contributed by atoms with Crippen molar-refractivity contribution in [3.8, 4) is 17.2 Å². The van der Waals surface area contributed by atoms with Gasteiger partial charge in [-0.05, 0) is 52.7 Å². The second-order valence-corrected chi connectivity index (χ2v) is 5.72. The molecular formula is C18H19BrN2O4. The van der Waals surface area contributed by atoms with Gasteiger partial charge in [0.15, 0.2) is 11.5 Å². The molecule has 7 heteroatoms. The number of nitrogens with zero attached hydrogens (tertiary/aromatic N) is 1. The molecular weight excluding hydrogens is 388 g/mol. The maximum absolute atomic E-state index is 12.2. The molecule has 2 rings (SSSR count). The van der Waals surface area contributed by atoms with Crippen molar-refractivity contribution >= 4 is 28.1 Å². The molecule has 2 aromatic carbocycles. The van der Waals surface area contributed by atoms with Gasteiger partial charge in [0, 0.05) is 0 Å². The van der Waals surface area contributed by atoms with E-state index in [4.69, 9.17) is 14.2 Å². The standard InChI is InChI=1S/C18H19BrN2O4/c1-4-25-16-10-12(9-14(19)17(16)24-3)11-20-21-18(22)13-7-5-6-8-15(13)23-2/h5-11H,4H2,1-3H3,(H,21,22)/b20-11-. The average molecular weight is 407 g/mol. The molecule has 0 spiro atoms. The van der Waals surface area contributed by atoms with E-state index >= 15 is 0 Å². The largest absolute Gasteiger partial charge is 0.496 e. The number of hydrogen-bond donors (Lipinski definition) is 1. The number of nitrogens with one attached hydrogen (secondary N) is 1. The molecule has 0 saturated carbocycles. The SMILES string of the molecule is CCOc1cc(/C=N\NC(=O)c2ccccc2OC)cc(Br)c1OC. The molecule has 1 N–H and O–H groups in total. The van der Waals surface area contributed by atoms with E-state index < -0.39 is 0 Å². The molecule has 2 aromatic rings. The number of halogens is 1. The van der Waals surface area contributed by atoms with Gasteiger partial charge in [0.1, 0.15) is 5.75 Å². The van der Waals surface area contributed by atoms with Gasteiger partial charge in [-0.25, -0.2) is 5.43 Å². The molecule has 25 heavy (non-hydrogen) atoms. The van der Waals surface area contributed by atoms with Crippen molar-refractivity contribution in [2.45, 2.75) is 6.92 Å². The van der Waals surface area contributed by atoms with Crippen LogP contribution >= 0.6 is 15.9 Å². The van der Waals surface area contributed by atoms with E-state index in [0.29, 0.717) is 29.4 Å². The molecule has 0 aliphatic rings. The lowest BCUT2D eigenvalue weighted by Gasteiger charge is -2.11. The van der Waals surface area contributed by atoms with E-state index in [0.717, 1.165) is 10.0 Å². The molecule has 0 saturated heterocycles. The highest BCUT2D eigenvalue weighted by atomic mass is 79.9. The van der Waals surface area contributed by atoms with Gasteiger partial charge in [0.2, 0.25) is 0 Å². The average Bonchev–Trinajstić information content (AvgIpc) is 2.61. The fourth-order valence-corrected chi connectivity index (χ4v) is 2.80. The Bertz CT molecular complexity index is 778. The number of hydrazone groups is 1. The van der Waals surface area contributed by atoms with Crippen molar-refractivity contribution in [2.75, 3.05) is 20.8 Å². The van der Waals surface area contributed by atoms with Crippen LogP contribution < -0.4 is 19.6 Å². The monoisotopic (exact) mass is 406 g/mol. The number of hydrogen-bond acceptors (Lipinski definition) is 5. The van der Waals surface area contributed by atoms with Gasteiger partial charge in [-0.3, -0.25) is 4.79 Å². The van der Waals surface area contributed by atoms with Gasteiger partial charge in [-0.2, -0.15) is 5.10 Å². The summed E-state index contributed by atoms with van der Waals surface area (Å²) in [5.74, 6) is 1.33. The Morgan fingerprint density at radius 2 is 1.96 bits per heavy atom. The van der Waals surface area contributed by atoms with Crippen LogP contribution in [-0.2, 0) is 0 Å². The number of para-hydroxylation sites is 1. The minimum absolute atomic E-state index is 0.355. The van der Waals surface area contributed by atoms with E-state index in [9.17, 15) is 4.79 Å². The third-order valence-electron chi connectivity index (χ3n) is 3.27. The fourth-order valence-electron chi connectivity index (χ4n) is 2.18. The fraction of sp³-hybridized carbons (Fsp3) is 0.222. The molecule has 0 bridgehead atoms. The third kappa shape index (κ3) is 4.73. The van der Waals surface area contributed by atoms with Gasteiger partial charge < -0.3 is 14.2 Å². The van der Waals surface area contributed by atoms with Crippen molar-refractivity contribution in [3.63, 3.8) is 0 Å². The zero-order valence-electron chi connectivity index (χ0n) is 14.2. The number of carbonyl (C=O) groups excluding carboxylic acids is 1. The molecule has 0 heterocycles. The van der Waals surface area contributed by atoms with Crippen molar-refractivity contribution in [1.29, 1.82) is 0 Å². The van der Waals surface area contributed by atoms with Gasteiger partial charge in [0.05, 0.1) is 37.1 Å². The minimum atomic E-state index is -0.355. The van der Waals surface area contributed by atoms with E-state index in [1.54, 1.807) is 37.4 Å². The summed E-state index contributed by atoms with van der Waals surface area (Å²) in [5, 5.41) is 3.99. The lowest BCUT2D eigenvalue weighted by Crippen LogP contribution is -2.18. The van der Waals surface area contributed by atoms with E-state index in [1.807, 2.05) is 13.0 Å². The summed E-state index contributed by atoms with van der Waals surface area (Å²) in [6.45, 7) is 2.40. The molecule has 6 nitrogen and oxygen atoms in total. The lowest BCUT2D eigenvalue weighted by molar-refractivity contribution is 0.0952. The Kier molecular flexibility index (Phi) is 6.82. The van der Waals surface area contributed by atoms with Crippen LogP contribution in [0.2, 0.25) is 0 Å². The minimum Gasteiger partial charge on any atom is -0.496 e. The van der Waals surface area contributed by atoms with Crippen molar-refractivity contribution < 1.29 is 19.0 Å². The summed E-state index contributed by atoms with van der Waals surface area (Å²) in [6.07, 6.45) is 1.53. The van der Waals surface area contributed by atoms with Crippen LogP contribution in [-0.4, -0.2) is 32.9 Å². The van der Waals surface area contributed by atoms with E-state index in [-0.39, 0.29) is 5.91 Å². The predicted octanol–water partition coefficient (Wildman–Crippen LogP) is 3.63. The number of ether oxygens (including phenoxy) is 3. The van der Waals surface area contributed by atoms with Crippen LogP contribution in [0.3, 0.4) is 0 Å². The highest BCUT2D eigenvalue weighted by Crippen LogP contribution is 2.36. The Labute approximate surface area is 154 Å². The summed E-state index contributed by atoms with van der Waals surface area (Å²) in [7, 11) is 3.09. The number of amides is 1. The van der Waals surface area contributed by atoms with Crippen LogP contribution in [0.4, 0.5) is 0 Å². The number of carbonyl (C=O) groups is 1. The summed E-state index contributed by atoms with van der Waals surface area (Å²) < 4.78 is 16.8. The predicted molar refractivity (Wildman–Crippen MR) is 99.9 cm³/mol. The van der Waals surface area contributed by atoms with E-state index in [2.05, 4.69) is 26.5 Å². The first-order valence-electron chi connectivity index (χ1n) is 7.57. The summed E-state index contributed by atoms with van der Waals surface area (Å²) in [5.41, 5.74) is 3.64. The highest BCUT2D eigenvalue weighted by Gasteiger charge is 2.12. The lowest BCUT2D eigenvalue weighted by atomic mass is 10.2. The van der Waals surface area contributed by atoms with Crippen molar-refractivity contribution in [1.82, 2.24) is 5.43 Å². The molecule has 0 unspecified atom stereocenters. The maximum atomic E-state index is 12.2. The Morgan fingerprint density at radius 3 is 2.64 bits per heavy atom. The summed E-state index contributed by atoms with van der Waals surface area (Å²) in [4.78, 5) is 12.2. The molecule has 0 aromatic heterocycles. The first-order chi connectivity index (χ1) is 12.1. The highest BCUT2D eigenvalue weighted by molar-refractivity contribution is 9.10. The van der Waals surface area contributed by atoms with Crippen LogP contribution in [0.1, 0.15) is 22.8 Å². The molecule has 0 aliphatic heterocycles. The van der Waals surface area contributed by atoms with Crippen LogP contribution in [0, 0.1) is 0 Å². The zero-order valence-corrected chi connectivity index (χ0v) is 15.8. The van der Waals surface area contributed by atoms with Gasteiger partial charge in [-0.1, -0.05) is 12.1 Å². The zero-order chi connectivity index (χ0) is 18.2. The van der Waals surface area contributed by atoms with Gasteiger partial charge in [0.25, 0.3) is 5.91 Å². The quantitative estimate of drug-likeness (QED) is 0.562. The van der Waals surface area contributed by atoms with Crippen LogP contribution in [0.15, 0.2) is 46.0 Å². The Balaban J connectivity index is 2.15. The maximum Gasteiger partial charge on any atom is 0.275 e. The van der Waals surface area contributed by atoms with Crippen LogP contribution in [0.25, 0.3) is 0 Å². The second kappa shape index (κ2) is 9.08. The third-order valence-corrected chi connectivity index (χ3v) is 3.86. The van der Waals surface area contributed by atoms with Crippen molar-refractivity contribution in [2.24, 2.45) is 5.10 Å². The topological polar surface area (TPSA) is 69.2 Å². The number of rotatable bonds is 7. The molecule has 0 radical (unpaired) electrons. The van der Waals surface area contributed by atoms with Gasteiger partial charge in [-0.15, -0.1) is 0 Å². The first kappa shape index (κ1) is 18.8. The van der Waals surface area contributed by atoms with E-state index in [1.165, 1.54) is 13.3 Å². The molecule has 0 aliphatic carbocycles. The molecule has 0 atom stereocenters. The Hall–Kier alpha value is -2.54. The Morgan fingerprint density at radius 1 is 1.20 bits per heavy atom. The molecule has 1 amide bonds. The van der Waals surface area contributed by atoms with Gasteiger partial charge >= 0.3 is 0 Å². The normalized spacial score (nSPS) is 10.6. The number of methoxy groups -OCH3 is 2. The number of benzene rings is 2. The molecule has 132 valence electrons. The summed E-state index contributed by atoms with van der Waals surface area (Å²) >= 11 is 3.43. The van der Waals surface area contributed by atoms with Crippen molar-refractivity contribution in [3.05, 3.63) is 52.0 Å². The first-order valence-corrected chi connectivity index (χ1v) is 8.36. The molecule has 0 fully saturated rings.